The SMILES string of the molecule is CN(C)c1[nH]ncc1-c1csc(Nc2ncccn2)n1. The number of nitrogens with one attached hydrogen (secondary N) is 2. The smallest absolute Gasteiger partial charge is 0.228 e. The molecular formula is C12H13N7S. The predicted octanol–water partition coefficient (Wildman–Crippen LogP) is 2.13. The zero-order chi connectivity index (χ0) is 13.9. The second kappa shape index (κ2) is 5.25. The maximum absolute atomic E-state index is 4.53. The second-order valence-corrected chi connectivity index (χ2v) is 5.12. The van der Waals surface area contributed by atoms with Crippen molar-refractivity contribution < 1.29 is 0 Å². The molecule has 0 spiro atoms. The summed E-state index contributed by atoms with van der Waals surface area (Å²) in [5.74, 6) is 1.46. The topological polar surface area (TPSA) is 82.6 Å². The van der Waals surface area contributed by atoms with Crippen LogP contribution >= 0.6 is 11.3 Å². The third kappa shape index (κ3) is 2.45. The van der Waals surface area contributed by atoms with E-state index in [9.17, 15) is 0 Å². The van der Waals surface area contributed by atoms with Crippen molar-refractivity contribution in [1.29, 1.82) is 0 Å². The summed E-state index contributed by atoms with van der Waals surface area (Å²) in [6.45, 7) is 0. The average molecular weight is 287 g/mol. The van der Waals surface area contributed by atoms with Gasteiger partial charge in [0.2, 0.25) is 5.95 Å². The summed E-state index contributed by atoms with van der Waals surface area (Å²) in [5, 5.41) is 12.8. The standard InChI is InChI=1S/C12H13N7S/c1-19(2)10-8(6-15-18-10)9-7-20-12(16-9)17-11-13-4-3-5-14-11/h3-7H,1-2H3,(H,15,18)(H,13,14,16,17). The van der Waals surface area contributed by atoms with Gasteiger partial charge in [0.05, 0.1) is 17.5 Å². The molecule has 0 radical (unpaired) electrons. The van der Waals surface area contributed by atoms with E-state index in [-0.39, 0.29) is 0 Å². The van der Waals surface area contributed by atoms with Gasteiger partial charge < -0.3 is 10.2 Å². The lowest BCUT2D eigenvalue weighted by atomic mass is 10.2. The van der Waals surface area contributed by atoms with E-state index in [1.165, 1.54) is 11.3 Å². The molecule has 3 heterocycles. The summed E-state index contributed by atoms with van der Waals surface area (Å²) < 4.78 is 0. The molecule has 20 heavy (non-hydrogen) atoms. The Bertz CT molecular complexity index is 689. The van der Waals surface area contributed by atoms with E-state index in [4.69, 9.17) is 0 Å². The lowest BCUT2D eigenvalue weighted by molar-refractivity contribution is 1.01. The summed E-state index contributed by atoms with van der Waals surface area (Å²) in [4.78, 5) is 14.7. The van der Waals surface area contributed by atoms with Crippen LogP contribution in [0, 0.1) is 0 Å². The summed E-state index contributed by atoms with van der Waals surface area (Å²) in [7, 11) is 3.92. The Morgan fingerprint density at radius 1 is 1.25 bits per heavy atom. The highest BCUT2D eigenvalue weighted by Gasteiger charge is 2.13. The molecule has 7 nitrogen and oxygen atoms in total. The molecule has 8 heteroatoms. The highest BCUT2D eigenvalue weighted by Crippen LogP contribution is 2.30. The van der Waals surface area contributed by atoms with Crippen molar-refractivity contribution in [2.24, 2.45) is 0 Å². The van der Waals surface area contributed by atoms with Gasteiger partial charge in [0.25, 0.3) is 0 Å². The highest BCUT2D eigenvalue weighted by atomic mass is 32.1. The molecule has 0 fully saturated rings. The first kappa shape index (κ1) is 12.5. The minimum atomic E-state index is 0.536. The van der Waals surface area contributed by atoms with Crippen LogP contribution in [-0.2, 0) is 0 Å². The van der Waals surface area contributed by atoms with Crippen LogP contribution in [0.2, 0.25) is 0 Å². The molecular weight excluding hydrogens is 274 g/mol. The van der Waals surface area contributed by atoms with Crippen molar-refractivity contribution >= 4 is 28.2 Å². The Balaban J connectivity index is 1.85. The Hall–Kier alpha value is -2.48. The molecule has 0 saturated heterocycles. The zero-order valence-corrected chi connectivity index (χ0v) is 11.8. The first-order valence-electron chi connectivity index (χ1n) is 5.94. The van der Waals surface area contributed by atoms with Gasteiger partial charge >= 0.3 is 0 Å². The van der Waals surface area contributed by atoms with Gasteiger partial charge in [0.1, 0.15) is 5.82 Å². The van der Waals surface area contributed by atoms with E-state index in [0.717, 1.165) is 22.2 Å². The molecule has 3 aromatic heterocycles. The van der Waals surface area contributed by atoms with Gasteiger partial charge in [-0.25, -0.2) is 15.0 Å². The number of rotatable bonds is 4. The third-order valence-corrected chi connectivity index (χ3v) is 3.39. The largest absolute Gasteiger partial charge is 0.363 e. The van der Waals surface area contributed by atoms with Crippen LogP contribution in [0.4, 0.5) is 16.9 Å². The number of aromatic nitrogens is 5. The molecule has 0 atom stereocenters. The lowest BCUT2D eigenvalue weighted by Gasteiger charge is -2.10. The second-order valence-electron chi connectivity index (χ2n) is 4.26. The minimum Gasteiger partial charge on any atom is -0.363 e. The van der Waals surface area contributed by atoms with Crippen LogP contribution < -0.4 is 10.2 Å². The van der Waals surface area contributed by atoms with Crippen molar-refractivity contribution in [1.82, 2.24) is 25.1 Å². The molecule has 0 aliphatic heterocycles. The normalized spacial score (nSPS) is 10.5. The van der Waals surface area contributed by atoms with Crippen molar-refractivity contribution in [2.45, 2.75) is 0 Å². The monoisotopic (exact) mass is 287 g/mol. The van der Waals surface area contributed by atoms with E-state index < -0.39 is 0 Å². The first-order chi connectivity index (χ1) is 9.74. The lowest BCUT2D eigenvalue weighted by Crippen LogP contribution is -2.10. The van der Waals surface area contributed by atoms with Crippen LogP contribution in [0.25, 0.3) is 11.3 Å². The van der Waals surface area contributed by atoms with Crippen molar-refractivity contribution in [3.05, 3.63) is 30.0 Å². The fourth-order valence-corrected chi connectivity index (χ4v) is 2.43. The van der Waals surface area contributed by atoms with Gasteiger partial charge in [-0.15, -0.1) is 11.3 Å². The molecule has 0 aliphatic carbocycles. The highest BCUT2D eigenvalue weighted by molar-refractivity contribution is 7.14. The summed E-state index contributed by atoms with van der Waals surface area (Å²) >= 11 is 1.50. The van der Waals surface area contributed by atoms with Gasteiger partial charge in [-0.2, -0.15) is 5.10 Å². The molecule has 2 N–H and O–H groups in total. The average Bonchev–Trinajstić information content (AvgIpc) is 3.07. The van der Waals surface area contributed by atoms with Crippen LogP contribution in [0.3, 0.4) is 0 Å². The summed E-state index contributed by atoms with van der Waals surface area (Å²) in [6.07, 6.45) is 5.14. The first-order valence-corrected chi connectivity index (χ1v) is 6.82. The van der Waals surface area contributed by atoms with Gasteiger partial charge in [0.15, 0.2) is 5.13 Å². The Labute approximate surface area is 119 Å². The van der Waals surface area contributed by atoms with E-state index in [2.05, 4.69) is 30.5 Å². The molecule has 0 unspecified atom stereocenters. The number of hydrogen-bond acceptors (Lipinski definition) is 7. The van der Waals surface area contributed by atoms with Gasteiger partial charge in [0, 0.05) is 31.9 Å². The molecule has 3 aromatic rings. The number of anilines is 3. The fourth-order valence-electron chi connectivity index (χ4n) is 1.72. The zero-order valence-electron chi connectivity index (χ0n) is 11.0. The minimum absolute atomic E-state index is 0.536. The molecule has 0 bridgehead atoms. The predicted molar refractivity (Wildman–Crippen MR) is 79.3 cm³/mol. The van der Waals surface area contributed by atoms with Crippen LogP contribution in [0.1, 0.15) is 0 Å². The van der Waals surface area contributed by atoms with Gasteiger partial charge in [-0.1, -0.05) is 0 Å². The number of hydrogen-bond donors (Lipinski definition) is 2. The number of H-pyrrole nitrogens is 1. The molecule has 3 rings (SSSR count). The maximum Gasteiger partial charge on any atom is 0.228 e. The van der Waals surface area contributed by atoms with Crippen molar-refractivity contribution in [3.63, 3.8) is 0 Å². The molecule has 0 aliphatic rings. The quantitative estimate of drug-likeness (QED) is 0.765. The fraction of sp³-hybridized carbons (Fsp3) is 0.167. The molecule has 0 amide bonds. The van der Waals surface area contributed by atoms with E-state index in [1.807, 2.05) is 24.4 Å². The third-order valence-electron chi connectivity index (χ3n) is 2.63. The van der Waals surface area contributed by atoms with E-state index >= 15 is 0 Å². The van der Waals surface area contributed by atoms with Gasteiger partial charge in [-0.3, -0.25) is 5.10 Å². The number of aromatic amines is 1. The van der Waals surface area contributed by atoms with E-state index in [1.54, 1.807) is 24.7 Å². The van der Waals surface area contributed by atoms with Crippen LogP contribution in [0.15, 0.2) is 30.0 Å². The van der Waals surface area contributed by atoms with Crippen LogP contribution in [-0.4, -0.2) is 39.2 Å². The molecule has 0 saturated carbocycles. The van der Waals surface area contributed by atoms with Crippen molar-refractivity contribution in [2.75, 3.05) is 24.3 Å². The van der Waals surface area contributed by atoms with Gasteiger partial charge in [-0.05, 0) is 6.07 Å². The summed E-state index contributed by atoms with van der Waals surface area (Å²) in [5.41, 5.74) is 1.83. The maximum atomic E-state index is 4.53. The Morgan fingerprint density at radius 3 is 2.80 bits per heavy atom. The number of thiazole rings is 1. The van der Waals surface area contributed by atoms with Crippen LogP contribution in [0.5, 0.6) is 0 Å². The molecule has 102 valence electrons. The Kier molecular flexibility index (Phi) is 3.30. The number of nitrogens with zero attached hydrogens (tertiary/aromatic N) is 5. The molecule has 0 aromatic carbocycles. The van der Waals surface area contributed by atoms with E-state index in [0.29, 0.717) is 5.95 Å². The Morgan fingerprint density at radius 2 is 2.05 bits per heavy atom. The van der Waals surface area contributed by atoms with Crippen molar-refractivity contribution in [3.8, 4) is 11.3 Å². The summed E-state index contributed by atoms with van der Waals surface area (Å²) in [6, 6.07) is 1.77.